The lowest BCUT2D eigenvalue weighted by Crippen LogP contribution is -2.36. The van der Waals surface area contributed by atoms with Gasteiger partial charge in [0, 0.05) is 32.1 Å². The molecule has 0 saturated carbocycles. The number of carboxylic acids is 1. The molecule has 4 heterocycles. The number of aliphatic carboxylic acids is 1. The molecule has 2 aromatic heterocycles. The van der Waals surface area contributed by atoms with Gasteiger partial charge < -0.3 is 19.5 Å². The quantitative estimate of drug-likeness (QED) is 0.545. The van der Waals surface area contributed by atoms with Crippen LogP contribution in [0.15, 0.2) is 42.6 Å². The number of hydrogen-bond acceptors (Lipinski definition) is 7. The topological polar surface area (TPSA) is 92.4 Å². The van der Waals surface area contributed by atoms with Crippen molar-refractivity contribution in [1.29, 1.82) is 0 Å². The lowest BCUT2D eigenvalue weighted by molar-refractivity contribution is -0.192. The van der Waals surface area contributed by atoms with Gasteiger partial charge in [-0.2, -0.15) is 18.3 Å². The van der Waals surface area contributed by atoms with E-state index in [1.54, 1.807) is 7.11 Å². The maximum atomic E-state index is 10.6. The molecule has 1 unspecified atom stereocenters. The van der Waals surface area contributed by atoms with Crippen molar-refractivity contribution in [3.63, 3.8) is 0 Å². The maximum absolute atomic E-state index is 10.6. The van der Waals surface area contributed by atoms with Crippen LogP contribution in [-0.2, 0) is 16.1 Å². The number of morpholine rings is 1. The Labute approximate surface area is 212 Å². The molecule has 2 fully saturated rings. The van der Waals surface area contributed by atoms with Crippen LogP contribution in [-0.4, -0.2) is 83.3 Å². The van der Waals surface area contributed by atoms with Crippen molar-refractivity contribution >= 4 is 17.3 Å². The Morgan fingerprint density at radius 1 is 1.19 bits per heavy atom. The Hall–Kier alpha value is -3.38. The second kappa shape index (κ2) is 11.8. The zero-order valence-corrected chi connectivity index (χ0v) is 20.5. The second-order valence-corrected chi connectivity index (χ2v) is 8.99. The Kier molecular flexibility index (Phi) is 8.49. The van der Waals surface area contributed by atoms with Crippen LogP contribution in [0.25, 0.3) is 5.65 Å². The van der Waals surface area contributed by atoms with Crippen LogP contribution in [0.3, 0.4) is 0 Å². The van der Waals surface area contributed by atoms with Crippen molar-refractivity contribution in [2.24, 2.45) is 0 Å². The van der Waals surface area contributed by atoms with Crippen LogP contribution in [0.1, 0.15) is 30.1 Å². The Morgan fingerprint density at radius 2 is 1.95 bits per heavy atom. The summed E-state index contributed by atoms with van der Waals surface area (Å²) in [6.07, 6.45) is -0.668. The minimum atomic E-state index is -5.08. The molecule has 2 saturated heterocycles. The number of hydrogen-bond donors (Lipinski definition) is 1. The average molecular weight is 522 g/mol. The van der Waals surface area contributed by atoms with E-state index < -0.39 is 12.1 Å². The third-order valence-corrected chi connectivity index (χ3v) is 6.36. The first-order chi connectivity index (χ1) is 17.7. The monoisotopic (exact) mass is 521 g/mol. The number of aromatic nitrogens is 3. The van der Waals surface area contributed by atoms with E-state index in [0.717, 1.165) is 69.6 Å². The summed E-state index contributed by atoms with van der Waals surface area (Å²) in [6, 6.07) is 12.6. The van der Waals surface area contributed by atoms with Gasteiger partial charge >= 0.3 is 12.1 Å². The minimum absolute atomic E-state index is 0.371. The summed E-state index contributed by atoms with van der Waals surface area (Å²) in [5.74, 6) is -0.507. The van der Waals surface area contributed by atoms with Gasteiger partial charge in [-0.15, -0.1) is 0 Å². The number of carboxylic acid groups (broad SMARTS) is 1. The van der Waals surface area contributed by atoms with Crippen molar-refractivity contribution in [2.75, 3.05) is 51.4 Å². The minimum Gasteiger partial charge on any atom is -0.497 e. The van der Waals surface area contributed by atoms with Crippen molar-refractivity contribution in [3.05, 3.63) is 54.0 Å². The van der Waals surface area contributed by atoms with Crippen molar-refractivity contribution < 1.29 is 32.5 Å². The number of ether oxygens (including phenoxy) is 2. The summed E-state index contributed by atoms with van der Waals surface area (Å²) in [6.45, 7) is 6.45. The fraction of sp³-hybridized carbons (Fsp3) is 0.480. The Bertz CT molecular complexity index is 1200. The SMILES string of the molecule is COc1cccc(CN2CCCC(c3nc4ccc(N5CCOCC5)cn4n3)C2)c1.O=C(O)C(F)(F)F. The number of halogens is 3. The molecule has 0 bridgehead atoms. The van der Waals surface area contributed by atoms with Gasteiger partial charge in [-0.3, -0.25) is 4.90 Å². The Balaban J connectivity index is 0.000000405. The van der Waals surface area contributed by atoms with E-state index in [1.807, 2.05) is 10.6 Å². The molecular formula is C25H30F3N5O4. The van der Waals surface area contributed by atoms with Crippen LogP contribution in [0.2, 0.25) is 0 Å². The fourth-order valence-corrected chi connectivity index (χ4v) is 4.51. The van der Waals surface area contributed by atoms with E-state index >= 15 is 0 Å². The van der Waals surface area contributed by atoms with Gasteiger partial charge in [-0.25, -0.2) is 14.3 Å². The summed E-state index contributed by atoms with van der Waals surface area (Å²) >= 11 is 0. The van der Waals surface area contributed by atoms with Crippen LogP contribution in [0.4, 0.5) is 18.9 Å². The van der Waals surface area contributed by atoms with Gasteiger partial charge in [-0.05, 0) is 49.2 Å². The number of pyridine rings is 1. The van der Waals surface area contributed by atoms with Crippen LogP contribution < -0.4 is 9.64 Å². The smallest absolute Gasteiger partial charge is 0.490 e. The standard InChI is InChI=1S/C23H29N5O2.C2HF3O2/c1-29-21-6-2-4-18(14-21)15-26-9-3-5-19(16-26)23-24-22-8-7-20(17-28(22)25-23)27-10-12-30-13-11-27;3-2(4,5)1(6)7/h2,4,6-8,14,17,19H,3,5,9-13,15-16H2,1H3;(H,6,7). The molecule has 2 aliphatic heterocycles. The zero-order chi connectivity index (χ0) is 26.4. The highest BCUT2D eigenvalue weighted by atomic mass is 19.4. The summed E-state index contributed by atoms with van der Waals surface area (Å²) in [5, 5.41) is 12.0. The van der Waals surface area contributed by atoms with Gasteiger partial charge in [0.15, 0.2) is 11.5 Å². The third-order valence-electron chi connectivity index (χ3n) is 6.36. The fourth-order valence-electron chi connectivity index (χ4n) is 4.51. The highest BCUT2D eigenvalue weighted by molar-refractivity contribution is 5.73. The molecular weight excluding hydrogens is 491 g/mol. The molecule has 12 heteroatoms. The van der Waals surface area contributed by atoms with Gasteiger partial charge in [0.1, 0.15) is 5.75 Å². The predicted molar refractivity (Wildman–Crippen MR) is 130 cm³/mol. The number of carbonyl (C=O) groups is 1. The van der Waals surface area contributed by atoms with Gasteiger partial charge in [-0.1, -0.05) is 12.1 Å². The average Bonchev–Trinajstić information content (AvgIpc) is 3.33. The molecule has 3 aromatic rings. The van der Waals surface area contributed by atoms with E-state index in [0.29, 0.717) is 5.92 Å². The molecule has 200 valence electrons. The highest BCUT2D eigenvalue weighted by Crippen LogP contribution is 2.27. The van der Waals surface area contributed by atoms with Gasteiger partial charge in [0.2, 0.25) is 0 Å². The molecule has 2 aliphatic rings. The lowest BCUT2D eigenvalue weighted by atomic mass is 9.97. The number of anilines is 1. The molecule has 1 aromatic carbocycles. The first-order valence-corrected chi connectivity index (χ1v) is 12.1. The molecule has 1 N–H and O–H groups in total. The third kappa shape index (κ3) is 7.10. The van der Waals surface area contributed by atoms with E-state index in [9.17, 15) is 13.2 Å². The highest BCUT2D eigenvalue weighted by Gasteiger charge is 2.38. The van der Waals surface area contributed by atoms with Gasteiger partial charge in [0.25, 0.3) is 0 Å². The molecule has 5 rings (SSSR count). The summed E-state index contributed by atoms with van der Waals surface area (Å²) in [7, 11) is 1.72. The number of rotatable bonds is 5. The number of nitrogens with zero attached hydrogens (tertiary/aromatic N) is 5. The number of alkyl halides is 3. The molecule has 9 nitrogen and oxygen atoms in total. The molecule has 0 amide bonds. The summed E-state index contributed by atoms with van der Waals surface area (Å²) < 4.78 is 44.5. The number of methoxy groups -OCH3 is 1. The first-order valence-electron chi connectivity index (χ1n) is 12.1. The van der Waals surface area contributed by atoms with Crippen LogP contribution in [0.5, 0.6) is 5.75 Å². The second-order valence-electron chi connectivity index (χ2n) is 8.99. The first kappa shape index (κ1) is 26.7. The number of benzene rings is 1. The van der Waals surface area contributed by atoms with Crippen molar-refractivity contribution in [1.82, 2.24) is 19.5 Å². The lowest BCUT2D eigenvalue weighted by Gasteiger charge is -2.31. The van der Waals surface area contributed by atoms with E-state index in [2.05, 4.69) is 46.3 Å². The van der Waals surface area contributed by atoms with E-state index in [-0.39, 0.29) is 0 Å². The molecule has 0 spiro atoms. The molecule has 1 atom stereocenters. The van der Waals surface area contributed by atoms with Crippen LogP contribution >= 0.6 is 0 Å². The van der Waals surface area contributed by atoms with E-state index in [4.69, 9.17) is 29.5 Å². The molecule has 37 heavy (non-hydrogen) atoms. The van der Waals surface area contributed by atoms with Crippen molar-refractivity contribution in [2.45, 2.75) is 31.5 Å². The number of fused-ring (bicyclic) bond motifs is 1. The zero-order valence-electron chi connectivity index (χ0n) is 20.5. The predicted octanol–water partition coefficient (Wildman–Crippen LogP) is 3.59. The van der Waals surface area contributed by atoms with Crippen LogP contribution in [0, 0.1) is 0 Å². The Morgan fingerprint density at radius 3 is 2.65 bits per heavy atom. The number of likely N-dealkylation sites (tertiary alicyclic amines) is 1. The largest absolute Gasteiger partial charge is 0.497 e. The molecule has 0 radical (unpaired) electrons. The summed E-state index contributed by atoms with van der Waals surface area (Å²) in [4.78, 5) is 18.6. The van der Waals surface area contributed by atoms with Gasteiger partial charge in [0.05, 0.1) is 32.2 Å². The maximum Gasteiger partial charge on any atom is 0.490 e. The normalized spacial score (nSPS) is 18.8. The summed E-state index contributed by atoms with van der Waals surface area (Å²) in [5.41, 5.74) is 3.39. The van der Waals surface area contributed by atoms with Crippen molar-refractivity contribution in [3.8, 4) is 5.75 Å². The number of piperidine rings is 1. The van der Waals surface area contributed by atoms with E-state index in [1.165, 1.54) is 17.7 Å². The molecule has 0 aliphatic carbocycles.